The van der Waals surface area contributed by atoms with E-state index in [4.69, 9.17) is 0 Å². The van der Waals surface area contributed by atoms with Crippen LogP contribution in [0.25, 0.3) is 11.6 Å². The Morgan fingerprint density at radius 3 is 2.61 bits per heavy atom. The molecule has 0 aromatic carbocycles. The van der Waals surface area contributed by atoms with Crippen LogP contribution >= 0.6 is 0 Å². The highest BCUT2D eigenvalue weighted by Gasteiger charge is 2.20. The predicted octanol–water partition coefficient (Wildman–Crippen LogP) is 0.745. The quantitative estimate of drug-likeness (QED) is 0.783. The smallest absolute Gasteiger partial charge is 0.271 e. The van der Waals surface area contributed by atoms with Crippen molar-refractivity contribution in [2.45, 2.75) is 45.1 Å². The van der Waals surface area contributed by atoms with E-state index in [1.165, 1.54) is 35.2 Å². The summed E-state index contributed by atoms with van der Waals surface area (Å²) in [6.45, 7) is 0.909. The Morgan fingerprint density at radius 2 is 1.87 bits per heavy atom. The van der Waals surface area contributed by atoms with E-state index in [2.05, 4.69) is 34.2 Å². The lowest BCUT2D eigenvalue weighted by atomic mass is 9.94. The second-order valence-corrected chi connectivity index (χ2v) is 7.03. The minimum atomic E-state index is -0.0252. The number of hydrogen-bond donors (Lipinski definition) is 3. The molecule has 2 aromatic rings. The number of aromatic amines is 3. The zero-order chi connectivity index (χ0) is 16.0. The van der Waals surface area contributed by atoms with Crippen LogP contribution in [-0.4, -0.2) is 34.2 Å². The number of aromatic nitrogens is 3. The van der Waals surface area contributed by atoms with Gasteiger partial charge in [-0.2, -0.15) is 0 Å². The summed E-state index contributed by atoms with van der Waals surface area (Å²) in [4.78, 5) is 18.0. The number of hydrogen-bond acceptors (Lipinski definition) is 2. The lowest BCUT2D eigenvalue weighted by Crippen LogP contribution is -2.33. The summed E-state index contributed by atoms with van der Waals surface area (Å²) in [5.41, 5.74) is 6.63. The molecule has 122 valence electrons. The van der Waals surface area contributed by atoms with Gasteiger partial charge in [-0.25, -0.2) is 0 Å². The Morgan fingerprint density at radius 1 is 1.09 bits per heavy atom. The van der Waals surface area contributed by atoms with Crippen molar-refractivity contribution in [3.05, 3.63) is 43.4 Å². The van der Waals surface area contributed by atoms with Gasteiger partial charge in [0.05, 0.1) is 10.6 Å². The molecule has 0 bridgehead atoms. The summed E-state index contributed by atoms with van der Waals surface area (Å²) in [6, 6.07) is 0. The van der Waals surface area contributed by atoms with Gasteiger partial charge in [-0.1, -0.05) is 0 Å². The normalized spacial score (nSPS) is 17.9. The fourth-order valence-electron chi connectivity index (χ4n) is 3.64. The molecule has 2 aliphatic carbocycles. The molecule has 2 aliphatic rings. The van der Waals surface area contributed by atoms with Gasteiger partial charge >= 0.3 is 0 Å². The summed E-state index contributed by atoms with van der Waals surface area (Å²) < 4.78 is 0. The first-order valence-electron chi connectivity index (χ1n) is 8.51. The maximum atomic E-state index is 12.2. The van der Waals surface area contributed by atoms with Crippen molar-refractivity contribution in [2.75, 3.05) is 14.1 Å². The summed E-state index contributed by atoms with van der Waals surface area (Å²) >= 11 is 0. The first kappa shape index (κ1) is 14.6. The van der Waals surface area contributed by atoms with Gasteiger partial charge in [0.2, 0.25) is 0 Å². The number of aryl methyl sites for hydroxylation is 1. The Bertz CT molecular complexity index is 904. The second-order valence-electron chi connectivity index (χ2n) is 7.03. The largest absolute Gasteiger partial charge is 0.358 e. The molecule has 4 rings (SSSR count). The average Bonchev–Trinajstić information content (AvgIpc) is 3.23. The minimum Gasteiger partial charge on any atom is -0.358 e. The molecule has 0 spiro atoms. The van der Waals surface area contributed by atoms with Crippen LogP contribution in [0.3, 0.4) is 0 Å². The van der Waals surface area contributed by atoms with Gasteiger partial charge in [-0.05, 0) is 75.4 Å². The molecule has 3 N–H and O–H groups in total. The zero-order valence-electron chi connectivity index (χ0n) is 13.9. The van der Waals surface area contributed by atoms with Crippen molar-refractivity contribution >= 4 is 11.6 Å². The van der Waals surface area contributed by atoms with Crippen molar-refractivity contribution in [3.63, 3.8) is 0 Å². The van der Waals surface area contributed by atoms with Crippen molar-refractivity contribution in [1.82, 2.24) is 20.1 Å². The van der Waals surface area contributed by atoms with Crippen molar-refractivity contribution in [1.29, 1.82) is 0 Å². The zero-order valence-corrected chi connectivity index (χ0v) is 13.9. The van der Waals surface area contributed by atoms with E-state index >= 15 is 0 Å². The van der Waals surface area contributed by atoms with Crippen LogP contribution in [0.5, 0.6) is 0 Å². The molecule has 0 radical (unpaired) electrons. The third-order valence-corrected chi connectivity index (χ3v) is 4.87. The molecular formula is C18H24N4O. The maximum absolute atomic E-state index is 12.2. The van der Waals surface area contributed by atoms with Gasteiger partial charge in [-0.3, -0.25) is 15.0 Å². The van der Waals surface area contributed by atoms with E-state index in [0.29, 0.717) is 0 Å². The van der Waals surface area contributed by atoms with Crippen LogP contribution < -0.4 is 16.1 Å². The number of nitrogens with zero attached hydrogens (tertiary/aromatic N) is 1. The molecular weight excluding hydrogens is 288 g/mol. The highest BCUT2D eigenvalue weighted by Crippen LogP contribution is 2.28. The first-order valence-corrected chi connectivity index (χ1v) is 8.51. The minimum absolute atomic E-state index is 0.0252. The van der Waals surface area contributed by atoms with E-state index in [1.54, 1.807) is 0 Å². The SMILES string of the molecule is CN(C)Cc1c(C=c2c(=O)[nH][nH]c2=C2CC2)[nH]c2c1CCCC2. The Kier molecular flexibility index (Phi) is 3.53. The second kappa shape index (κ2) is 5.57. The Hall–Kier alpha value is -2.01. The molecule has 1 saturated carbocycles. The summed E-state index contributed by atoms with van der Waals surface area (Å²) in [5, 5.41) is 7.56. The number of rotatable bonds is 3. The van der Waals surface area contributed by atoms with Gasteiger partial charge in [0.1, 0.15) is 0 Å². The first-order chi connectivity index (χ1) is 11.1. The third kappa shape index (κ3) is 2.70. The molecule has 1 fully saturated rings. The molecule has 23 heavy (non-hydrogen) atoms. The highest BCUT2D eigenvalue weighted by molar-refractivity contribution is 5.60. The lowest BCUT2D eigenvalue weighted by molar-refractivity contribution is 0.400. The van der Waals surface area contributed by atoms with E-state index in [-0.39, 0.29) is 5.56 Å². The fraction of sp³-hybridized carbons (Fsp3) is 0.500. The van der Waals surface area contributed by atoms with Crippen molar-refractivity contribution in [3.8, 4) is 0 Å². The summed E-state index contributed by atoms with van der Waals surface area (Å²) in [7, 11) is 4.20. The number of H-pyrrole nitrogens is 3. The molecule has 2 aromatic heterocycles. The topological polar surface area (TPSA) is 67.7 Å². The average molecular weight is 312 g/mol. The van der Waals surface area contributed by atoms with Crippen molar-refractivity contribution < 1.29 is 0 Å². The van der Waals surface area contributed by atoms with Crippen molar-refractivity contribution in [2.24, 2.45) is 0 Å². The van der Waals surface area contributed by atoms with E-state index < -0.39 is 0 Å². The Labute approximate surface area is 135 Å². The molecule has 0 atom stereocenters. The standard InChI is InChI=1S/C18H24N4O/c1-22(2)10-14-12-5-3-4-6-15(12)19-16(14)9-13-17(11-7-8-11)20-21-18(13)23/h9,19-20H,3-8,10H2,1-2H3,(H,21,23). The van der Waals surface area contributed by atoms with Gasteiger partial charge < -0.3 is 9.88 Å². The van der Waals surface area contributed by atoms with Crippen LogP contribution in [0.15, 0.2) is 4.79 Å². The third-order valence-electron chi connectivity index (χ3n) is 4.87. The van der Waals surface area contributed by atoms with E-state index in [1.807, 2.05) is 6.08 Å². The predicted molar refractivity (Wildman–Crippen MR) is 91.7 cm³/mol. The number of nitrogens with one attached hydrogen (secondary N) is 3. The summed E-state index contributed by atoms with van der Waals surface area (Å²) in [6.07, 6.45) is 9.03. The molecule has 2 heterocycles. The van der Waals surface area contributed by atoms with E-state index in [0.717, 1.165) is 48.5 Å². The number of fused-ring (bicyclic) bond motifs is 1. The van der Waals surface area contributed by atoms with Crippen LogP contribution in [0, 0.1) is 0 Å². The van der Waals surface area contributed by atoms with Crippen LogP contribution in [-0.2, 0) is 19.4 Å². The molecule has 0 amide bonds. The van der Waals surface area contributed by atoms with Gasteiger partial charge in [0, 0.05) is 17.9 Å². The highest BCUT2D eigenvalue weighted by atomic mass is 16.1. The fourth-order valence-corrected chi connectivity index (χ4v) is 3.64. The lowest BCUT2D eigenvalue weighted by Gasteiger charge is -2.15. The van der Waals surface area contributed by atoms with Gasteiger partial charge in [-0.15, -0.1) is 0 Å². The molecule has 0 unspecified atom stereocenters. The maximum Gasteiger partial charge on any atom is 0.271 e. The Balaban J connectivity index is 1.91. The van der Waals surface area contributed by atoms with Gasteiger partial charge in [0.25, 0.3) is 5.56 Å². The monoisotopic (exact) mass is 312 g/mol. The van der Waals surface area contributed by atoms with Crippen LogP contribution in [0.1, 0.15) is 48.2 Å². The molecule has 0 saturated heterocycles. The van der Waals surface area contributed by atoms with Crippen LogP contribution in [0.4, 0.5) is 0 Å². The van der Waals surface area contributed by atoms with Gasteiger partial charge in [0.15, 0.2) is 0 Å². The molecule has 0 aliphatic heterocycles. The van der Waals surface area contributed by atoms with E-state index in [9.17, 15) is 4.79 Å². The summed E-state index contributed by atoms with van der Waals surface area (Å²) in [5.74, 6) is 0. The molecule has 5 heteroatoms. The molecule has 5 nitrogen and oxygen atoms in total. The van der Waals surface area contributed by atoms with Crippen LogP contribution in [0.2, 0.25) is 0 Å².